The summed E-state index contributed by atoms with van der Waals surface area (Å²) in [4.78, 5) is 0. The molecule has 2 unspecified atom stereocenters. The maximum Gasteiger partial charge on any atom is 0.485 e. The highest BCUT2D eigenvalue weighted by Gasteiger charge is 2.74. The molecule has 194 valence electrons. The minimum atomic E-state index is -0.850. The lowest BCUT2D eigenvalue weighted by atomic mass is 9.72. The predicted octanol–water partition coefficient (Wildman–Crippen LogP) is 2.43. The molecular formula is C31H18N6O4+2. The van der Waals surface area contributed by atoms with Gasteiger partial charge in [-0.1, -0.05) is 24.3 Å². The molecule has 0 amide bonds. The summed E-state index contributed by atoms with van der Waals surface area (Å²) in [7, 11) is 0. The summed E-state index contributed by atoms with van der Waals surface area (Å²) in [6, 6.07) is 20.5. The minimum Gasteiger partial charge on any atom is -0.477 e. The normalized spacial score (nSPS) is 25.9. The van der Waals surface area contributed by atoms with Crippen LogP contribution in [0.25, 0.3) is 11.1 Å². The molecule has 41 heavy (non-hydrogen) atoms. The van der Waals surface area contributed by atoms with Crippen LogP contribution in [-0.2, 0) is 11.3 Å². The SMILES string of the molecule is c1cc2c3c(c1)Oc1ccc4c5c1C3(NCO2)[n+]1ncn[n+]2c1C5c1c-4ccc3c1C21NCOc2cccc(c21)O3. The van der Waals surface area contributed by atoms with Crippen LogP contribution >= 0.6 is 0 Å². The Morgan fingerprint density at radius 2 is 1.10 bits per heavy atom. The van der Waals surface area contributed by atoms with Crippen molar-refractivity contribution >= 4 is 0 Å². The lowest BCUT2D eigenvalue weighted by Gasteiger charge is -2.44. The van der Waals surface area contributed by atoms with Crippen molar-refractivity contribution in [3.63, 3.8) is 0 Å². The molecule has 1 aromatic heterocycles. The second-order valence-electron chi connectivity index (χ2n) is 11.4. The first kappa shape index (κ1) is 19.9. The van der Waals surface area contributed by atoms with Crippen molar-refractivity contribution in [2.45, 2.75) is 17.2 Å². The van der Waals surface area contributed by atoms with E-state index < -0.39 is 11.3 Å². The van der Waals surface area contributed by atoms with E-state index in [0.29, 0.717) is 13.5 Å². The Bertz CT molecular complexity index is 2020. The molecule has 2 spiro atoms. The van der Waals surface area contributed by atoms with Gasteiger partial charge >= 0.3 is 17.2 Å². The van der Waals surface area contributed by atoms with Crippen molar-refractivity contribution in [3.8, 4) is 45.6 Å². The highest BCUT2D eigenvalue weighted by atomic mass is 16.5. The van der Waals surface area contributed by atoms with Gasteiger partial charge in [-0.25, -0.2) is 10.6 Å². The van der Waals surface area contributed by atoms with Crippen molar-refractivity contribution in [1.82, 2.24) is 20.8 Å². The molecule has 0 radical (unpaired) electrons. The Kier molecular flexibility index (Phi) is 2.91. The summed E-state index contributed by atoms with van der Waals surface area (Å²) in [6.45, 7) is 0.641. The van der Waals surface area contributed by atoms with Crippen molar-refractivity contribution < 1.29 is 28.3 Å². The molecule has 2 atom stereocenters. The summed E-state index contributed by atoms with van der Waals surface area (Å²) in [6.07, 6.45) is 1.65. The van der Waals surface area contributed by atoms with Crippen LogP contribution in [0.1, 0.15) is 45.1 Å². The number of benzene rings is 4. The van der Waals surface area contributed by atoms with Crippen LogP contribution in [0, 0.1) is 0 Å². The van der Waals surface area contributed by atoms with Gasteiger partial charge in [-0.3, -0.25) is 0 Å². The van der Waals surface area contributed by atoms with Gasteiger partial charge in [-0.05, 0) is 47.5 Å². The fourth-order valence-electron chi connectivity index (χ4n) is 8.68. The molecule has 0 fully saturated rings. The summed E-state index contributed by atoms with van der Waals surface area (Å²) in [5, 5.41) is 17.6. The van der Waals surface area contributed by atoms with Gasteiger partial charge in [0.2, 0.25) is 6.33 Å². The molecular weight excluding hydrogens is 520 g/mol. The highest BCUT2D eigenvalue weighted by molar-refractivity contribution is 5.88. The Balaban J connectivity index is 1.34. The first-order valence-corrected chi connectivity index (χ1v) is 13.7. The monoisotopic (exact) mass is 538 g/mol. The Morgan fingerprint density at radius 3 is 1.63 bits per heavy atom. The lowest BCUT2D eigenvalue weighted by molar-refractivity contribution is -0.938. The highest BCUT2D eigenvalue weighted by Crippen LogP contribution is 2.65. The average molecular weight is 539 g/mol. The van der Waals surface area contributed by atoms with Gasteiger partial charge < -0.3 is 18.9 Å². The smallest absolute Gasteiger partial charge is 0.477 e. The van der Waals surface area contributed by atoms with Gasteiger partial charge in [0.1, 0.15) is 59.1 Å². The van der Waals surface area contributed by atoms with E-state index in [1.807, 2.05) is 36.4 Å². The van der Waals surface area contributed by atoms with E-state index in [1.165, 1.54) is 22.3 Å². The molecule has 0 saturated heterocycles. The van der Waals surface area contributed by atoms with Crippen molar-refractivity contribution in [1.29, 1.82) is 0 Å². The second-order valence-corrected chi connectivity index (χ2v) is 11.4. The van der Waals surface area contributed by atoms with E-state index >= 15 is 0 Å². The summed E-state index contributed by atoms with van der Waals surface area (Å²) >= 11 is 0. The number of ether oxygens (including phenoxy) is 4. The molecule has 2 N–H and O–H groups in total. The number of aromatic nitrogens is 4. The zero-order valence-corrected chi connectivity index (χ0v) is 21.3. The summed E-state index contributed by atoms with van der Waals surface area (Å²) in [5.74, 6) is 5.55. The van der Waals surface area contributed by atoms with Crippen LogP contribution in [0.2, 0.25) is 0 Å². The first-order valence-electron chi connectivity index (χ1n) is 13.7. The van der Waals surface area contributed by atoms with Gasteiger partial charge in [0, 0.05) is 30.7 Å². The van der Waals surface area contributed by atoms with Gasteiger partial charge in [-0.15, -0.1) is 0 Å². The van der Waals surface area contributed by atoms with Gasteiger partial charge in [0.25, 0.3) is 0 Å². The van der Waals surface area contributed by atoms with Gasteiger partial charge in [0.15, 0.2) is 5.92 Å². The van der Waals surface area contributed by atoms with E-state index in [1.54, 1.807) is 6.33 Å². The molecule has 5 aromatic rings. The molecule has 10 heteroatoms. The largest absolute Gasteiger partial charge is 0.485 e. The van der Waals surface area contributed by atoms with Gasteiger partial charge in [-0.2, -0.15) is 0 Å². The minimum absolute atomic E-state index is 0.119. The quantitative estimate of drug-likeness (QED) is 0.285. The number of nitrogens with zero attached hydrogens (tertiary/aromatic N) is 4. The van der Waals surface area contributed by atoms with E-state index in [-0.39, 0.29) is 5.92 Å². The van der Waals surface area contributed by atoms with Crippen molar-refractivity contribution in [2.24, 2.45) is 0 Å². The number of nitrogens with one attached hydrogen (secondary N) is 2. The Hall–Kier alpha value is -5.06. The van der Waals surface area contributed by atoms with E-state index in [9.17, 15) is 0 Å². The van der Waals surface area contributed by atoms with E-state index in [4.69, 9.17) is 29.1 Å². The van der Waals surface area contributed by atoms with Crippen molar-refractivity contribution in [2.75, 3.05) is 13.5 Å². The molecule has 0 saturated carbocycles. The Morgan fingerprint density at radius 1 is 0.610 bits per heavy atom. The third kappa shape index (κ3) is 1.80. The third-order valence-corrected chi connectivity index (χ3v) is 9.92. The summed E-state index contributed by atoms with van der Waals surface area (Å²) < 4.78 is 29.8. The number of fused-ring (bicyclic) bond motifs is 1. The molecule has 1 aliphatic carbocycles. The molecule has 4 aromatic carbocycles. The second kappa shape index (κ2) is 5.99. The number of hydrogen-bond donors (Lipinski definition) is 2. The number of rotatable bonds is 0. The molecule has 6 aliphatic heterocycles. The van der Waals surface area contributed by atoms with Crippen molar-refractivity contribution in [3.05, 3.63) is 106 Å². The molecule has 7 heterocycles. The molecule has 0 bridgehead atoms. The zero-order valence-electron chi connectivity index (χ0n) is 21.3. The Labute approximate surface area is 231 Å². The summed E-state index contributed by atoms with van der Waals surface area (Å²) in [5.41, 5.74) is 7.09. The first-order chi connectivity index (χ1) is 20.3. The zero-order chi connectivity index (χ0) is 26.2. The predicted molar refractivity (Wildman–Crippen MR) is 138 cm³/mol. The van der Waals surface area contributed by atoms with Crippen LogP contribution in [-0.4, -0.2) is 23.7 Å². The molecule has 10 nitrogen and oxygen atoms in total. The van der Waals surface area contributed by atoms with E-state index in [0.717, 1.165) is 62.6 Å². The van der Waals surface area contributed by atoms with Crippen LogP contribution in [0.3, 0.4) is 0 Å². The molecule has 12 rings (SSSR count). The standard InChI is InChI=1S/C31H18N6O4/c1-3-16-25-18(5-1)40-20-9-7-14-15-8-10-21-28-23(15)24-22(14)27(20)30(25,32-12-38-16)36-29(24)37(35-11-34-36)31(28)26-17(39-13-33-31)4-2-6-19(26)41-21/h1-11,24,32-33H,12-13H2/q+2. The van der Waals surface area contributed by atoms with Crippen LogP contribution in [0.5, 0.6) is 34.5 Å². The lowest BCUT2D eigenvalue weighted by Crippen LogP contribution is -2.83. The fraction of sp³-hybridized carbons (Fsp3) is 0.161. The third-order valence-electron chi connectivity index (χ3n) is 9.92. The average Bonchev–Trinajstić information content (AvgIpc) is 3.35. The van der Waals surface area contributed by atoms with Crippen LogP contribution in [0.4, 0.5) is 0 Å². The molecule has 7 aliphatic rings. The maximum absolute atomic E-state index is 6.61. The van der Waals surface area contributed by atoms with Crippen LogP contribution < -0.4 is 38.9 Å². The topological polar surface area (TPSA) is 94.5 Å². The van der Waals surface area contributed by atoms with Gasteiger partial charge in [0.05, 0.1) is 11.1 Å². The van der Waals surface area contributed by atoms with Crippen LogP contribution in [0.15, 0.2) is 67.0 Å². The number of hydrogen-bond acceptors (Lipinski definition) is 8. The van der Waals surface area contributed by atoms with E-state index in [2.05, 4.69) is 44.3 Å². The fourth-order valence-corrected chi connectivity index (χ4v) is 8.68. The maximum atomic E-state index is 6.61.